The number of hydrogen-bond acceptors (Lipinski definition) is 2. The second-order valence-corrected chi connectivity index (χ2v) is 4.44. The molecule has 2 rings (SSSR count). The van der Waals surface area contributed by atoms with E-state index in [1.165, 1.54) is 0 Å². The van der Waals surface area contributed by atoms with Crippen molar-refractivity contribution in [2.45, 2.75) is 44.9 Å². The molecule has 0 amide bonds. The number of rotatable bonds is 2. The lowest BCUT2D eigenvalue weighted by Crippen LogP contribution is -2.18. The highest BCUT2D eigenvalue weighted by Gasteiger charge is 2.31. The minimum Gasteiger partial charge on any atom is -0.481 e. The van der Waals surface area contributed by atoms with Crippen molar-refractivity contribution >= 4 is 5.97 Å². The van der Waals surface area contributed by atoms with Crippen LogP contribution in [0, 0.1) is 0 Å². The van der Waals surface area contributed by atoms with E-state index in [9.17, 15) is 4.79 Å². The number of hydrogen-bond donors (Lipinski definition) is 2. The fourth-order valence-electron chi connectivity index (χ4n) is 2.30. The Balaban J connectivity index is 2.47. The number of nitrogens with one attached hydrogen (secondary N) is 1. The van der Waals surface area contributed by atoms with Crippen molar-refractivity contribution in [1.82, 2.24) is 10.2 Å². The summed E-state index contributed by atoms with van der Waals surface area (Å²) < 4.78 is 0. The Kier molecular flexibility index (Phi) is 2.50. The minimum atomic E-state index is -0.723. The summed E-state index contributed by atoms with van der Waals surface area (Å²) in [5.74, 6) is -0.797. The molecular formula is C11H16N2O2. The van der Waals surface area contributed by atoms with Gasteiger partial charge in [-0.1, -0.05) is 13.8 Å². The Bertz CT molecular complexity index is 382. The fourth-order valence-corrected chi connectivity index (χ4v) is 2.30. The molecule has 1 aromatic rings. The molecule has 0 aliphatic heterocycles. The molecule has 82 valence electrons. The molecule has 0 bridgehead atoms. The van der Waals surface area contributed by atoms with Gasteiger partial charge in [0.25, 0.3) is 0 Å². The quantitative estimate of drug-likeness (QED) is 0.781. The van der Waals surface area contributed by atoms with Gasteiger partial charge >= 0.3 is 5.97 Å². The summed E-state index contributed by atoms with van der Waals surface area (Å²) in [7, 11) is 0. The maximum Gasteiger partial charge on any atom is 0.311 e. The zero-order chi connectivity index (χ0) is 11.0. The van der Waals surface area contributed by atoms with Crippen molar-refractivity contribution in [2.75, 3.05) is 0 Å². The lowest BCUT2D eigenvalue weighted by molar-refractivity contribution is -0.139. The van der Waals surface area contributed by atoms with Gasteiger partial charge in [-0.2, -0.15) is 5.10 Å². The van der Waals surface area contributed by atoms with Crippen LogP contribution in [0.4, 0.5) is 0 Å². The van der Waals surface area contributed by atoms with Crippen LogP contribution < -0.4 is 0 Å². The summed E-state index contributed by atoms with van der Waals surface area (Å²) in [6.45, 7) is 4.09. The molecule has 1 atom stereocenters. The lowest BCUT2D eigenvalue weighted by atomic mass is 9.83. The van der Waals surface area contributed by atoms with Crippen molar-refractivity contribution in [2.24, 2.45) is 0 Å². The summed E-state index contributed by atoms with van der Waals surface area (Å²) in [6, 6.07) is 0. The van der Waals surface area contributed by atoms with Crippen LogP contribution in [-0.2, 0) is 11.2 Å². The zero-order valence-electron chi connectivity index (χ0n) is 9.08. The van der Waals surface area contributed by atoms with Gasteiger partial charge in [-0.05, 0) is 25.2 Å². The first kappa shape index (κ1) is 10.2. The number of aromatic nitrogens is 2. The summed E-state index contributed by atoms with van der Waals surface area (Å²) in [4.78, 5) is 11.1. The maximum absolute atomic E-state index is 11.1. The molecule has 0 aromatic carbocycles. The predicted molar refractivity (Wildman–Crippen MR) is 56.0 cm³/mol. The van der Waals surface area contributed by atoms with Crippen LogP contribution in [0.25, 0.3) is 0 Å². The van der Waals surface area contributed by atoms with Crippen LogP contribution in [0.3, 0.4) is 0 Å². The highest BCUT2D eigenvalue weighted by molar-refractivity contribution is 5.77. The summed E-state index contributed by atoms with van der Waals surface area (Å²) in [5, 5.41) is 16.4. The number of carboxylic acids is 1. The van der Waals surface area contributed by atoms with Gasteiger partial charge < -0.3 is 5.11 Å². The van der Waals surface area contributed by atoms with Gasteiger partial charge in [0, 0.05) is 11.3 Å². The van der Waals surface area contributed by atoms with Gasteiger partial charge in [-0.15, -0.1) is 0 Å². The number of carbonyl (C=O) groups is 1. The van der Waals surface area contributed by atoms with Crippen LogP contribution in [0.1, 0.15) is 55.5 Å². The summed E-state index contributed by atoms with van der Waals surface area (Å²) in [6.07, 6.45) is 2.60. The van der Waals surface area contributed by atoms with E-state index in [4.69, 9.17) is 5.11 Å². The van der Waals surface area contributed by atoms with Gasteiger partial charge in [-0.25, -0.2) is 0 Å². The average Bonchev–Trinajstić information content (AvgIpc) is 2.60. The molecule has 4 heteroatoms. The third-order valence-corrected chi connectivity index (χ3v) is 3.03. The molecule has 1 aliphatic rings. The van der Waals surface area contributed by atoms with Crippen molar-refractivity contribution in [3.8, 4) is 0 Å². The highest BCUT2D eigenvalue weighted by atomic mass is 16.4. The molecule has 0 spiro atoms. The van der Waals surface area contributed by atoms with Gasteiger partial charge in [0.15, 0.2) is 0 Å². The lowest BCUT2D eigenvalue weighted by Gasteiger charge is -2.20. The van der Waals surface area contributed by atoms with Crippen LogP contribution in [0.2, 0.25) is 0 Å². The maximum atomic E-state index is 11.1. The monoisotopic (exact) mass is 208 g/mol. The number of aliphatic carboxylic acids is 1. The van der Waals surface area contributed by atoms with Gasteiger partial charge in [0.1, 0.15) is 0 Å². The van der Waals surface area contributed by atoms with Crippen LogP contribution in [-0.4, -0.2) is 21.3 Å². The molecule has 1 unspecified atom stereocenters. The second kappa shape index (κ2) is 3.68. The topological polar surface area (TPSA) is 66.0 Å². The normalized spacial score (nSPS) is 20.3. The molecule has 15 heavy (non-hydrogen) atoms. The van der Waals surface area contributed by atoms with E-state index < -0.39 is 5.97 Å². The van der Waals surface area contributed by atoms with E-state index in [2.05, 4.69) is 10.2 Å². The third kappa shape index (κ3) is 1.64. The smallest absolute Gasteiger partial charge is 0.311 e. The Hall–Kier alpha value is -1.32. The largest absolute Gasteiger partial charge is 0.481 e. The number of aryl methyl sites for hydroxylation is 1. The van der Waals surface area contributed by atoms with Gasteiger partial charge in [0.05, 0.1) is 11.6 Å². The number of aromatic amines is 1. The first-order valence-electron chi connectivity index (χ1n) is 5.41. The summed E-state index contributed by atoms with van der Waals surface area (Å²) in [5.41, 5.74) is 2.90. The number of H-pyrrole nitrogens is 1. The molecule has 0 saturated heterocycles. The Morgan fingerprint density at radius 2 is 2.33 bits per heavy atom. The Labute approximate surface area is 88.7 Å². The Morgan fingerprint density at radius 1 is 1.60 bits per heavy atom. The molecule has 2 N–H and O–H groups in total. The van der Waals surface area contributed by atoms with Crippen LogP contribution >= 0.6 is 0 Å². The number of fused-ring (bicyclic) bond motifs is 1. The van der Waals surface area contributed by atoms with Gasteiger partial charge in [-0.3, -0.25) is 9.89 Å². The molecule has 0 fully saturated rings. The standard InChI is InChI=1S/C11H16N2O2/c1-6(2)10-9-7(11(14)15)4-3-5-8(9)12-13-10/h6-7H,3-5H2,1-2H3,(H,12,13)(H,14,15). The molecule has 1 aromatic heterocycles. The number of carboxylic acid groups (broad SMARTS) is 1. The zero-order valence-corrected chi connectivity index (χ0v) is 9.08. The van der Waals surface area contributed by atoms with E-state index in [1.54, 1.807) is 0 Å². The third-order valence-electron chi connectivity index (χ3n) is 3.03. The molecule has 0 radical (unpaired) electrons. The molecule has 4 nitrogen and oxygen atoms in total. The molecule has 1 heterocycles. The highest BCUT2D eigenvalue weighted by Crippen LogP contribution is 2.35. The predicted octanol–water partition coefficient (Wildman–Crippen LogP) is 2.04. The van der Waals surface area contributed by atoms with E-state index in [0.717, 1.165) is 36.2 Å². The number of nitrogens with zero attached hydrogens (tertiary/aromatic N) is 1. The molecule has 1 aliphatic carbocycles. The molecule has 0 saturated carbocycles. The van der Waals surface area contributed by atoms with Crippen LogP contribution in [0.5, 0.6) is 0 Å². The van der Waals surface area contributed by atoms with Crippen molar-refractivity contribution in [1.29, 1.82) is 0 Å². The fraction of sp³-hybridized carbons (Fsp3) is 0.636. The van der Waals surface area contributed by atoms with E-state index in [1.807, 2.05) is 13.8 Å². The first-order valence-corrected chi connectivity index (χ1v) is 5.41. The average molecular weight is 208 g/mol. The van der Waals surface area contributed by atoms with Crippen LogP contribution in [0.15, 0.2) is 0 Å². The SMILES string of the molecule is CC(C)c1n[nH]c2c1C(C(=O)O)CCC2. The van der Waals surface area contributed by atoms with Gasteiger partial charge in [0.2, 0.25) is 0 Å². The van der Waals surface area contributed by atoms with Crippen molar-refractivity contribution in [3.05, 3.63) is 17.0 Å². The first-order chi connectivity index (χ1) is 7.11. The van der Waals surface area contributed by atoms with Crippen molar-refractivity contribution in [3.63, 3.8) is 0 Å². The molecular weight excluding hydrogens is 192 g/mol. The minimum absolute atomic E-state index is 0.282. The van der Waals surface area contributed by atoms with E-state index in [0.29, 0.717) is 0 Å². The summed E-state index contributed by atoms with van der Waals surface area (Å²) >= 11 is 0. The second-order valence-electron chi connectivity index (χ2n) is 4.44. The van der Waals surface area contributed by atoms with E-state index in [-0.39, 0.29) is 11.8 Å². The van der Waals surface area contributed by atoms with Crippen molar-refractivity contribution < 1.29 is 9.90 Å². The Morgan fingerprint density at radius 3 is 2.93 bits per heavy atom. The van der Waals surface area contributed by atoms with E-state index >= 15 is 0 Å².